The fraction of sp³-hybridized carbons (Fsp3) is 0. The molecule has 0 N–H and O–H groups in total. The fourth-order valence-corrected chi connectivity index (χ4v) is 9.44. The van der Waals surface area contributed by atoms with Gasteiger partial charge in [-0.3, -0.25) is 4.57 Å². The lowest BCUT2D eigenvalue weighted by atomic mass is 9.95. The topological polar surface area (TPSA) is 30.7 Å². The molecule has 0 amide bonds. The lowest BCUT2D eigenvalue weighted by Crippen LogP contribution is -2.02. The molecule has 0 saturated heterocycles. The van der Waals surface area contributed by atoms with Crippen LogP contribution in [0.4, 0.5) is 0 Å². The minimum absolute atomic E-state index is 0.692. The molecule has 11 aromatic rings. The van der Waals surface area contributed by atoms with Crippen molar-refractivity contribution in [3.8, 4) is 61.8 Å². The van der Waals surface area contributed by atoms with Gasteiger partial charge in [0.1, 0.15) is 5.82 Å². The Kier molecular flexibility index (Phi) is 7.68. The number of thiophene rings is 1. The largest absolute Gasteiger partial charge is 0.294 e. The highest BCUT2D eigenvalue weighted by atomic mass is 32.1. The molecule has 0 aliphatic carbocycles. The van der Waals surface area contributed by atoms with E-state index in [9.17, 15) is 0 Å². The number of fused-ring (bicyclic) bond motifs is 7. The zero-order chi connectivity index (χ0) is 37.0. The van der Waals surface area contributed by atoms with Gasteiger partial charge in [-0.1, -0.05) is 164 Å². The molecule has 0 spiro atoms. The number of hydrogen-bond donors (Lipinski definition) is 0. The second kappa shape index (κ2) is 13.3. The van der Waals surface area contributed by atoms with Crippen molar-refractivity contribution in [1.82, 2.24) is 14.5 Å². The normalized spacial score (nSPS) is 11.6. The van der Waals surface area contributed by atoms with E-state index >= 15 is 0 Å². The van der Waals surface area contributed by atoms with Crippen LogP contribution in [0.25, 0.3) is 104 Å². The van der Waals surface area contributed by atoms with Gasteiger partial charge in [0.25, 0.3) is 0 Å². The maximum atomic E-state index is 5.38. The van der Waals surface area contributed by atoms with Crippen LogP contribution in [0.15, 0.2) is 200 Å². The standard InChI is InChI=1S/C52H33N3S/c1-6-16-34(17-7-1)39-26-28-45-42(30-39)50-46(55(45)48-33-44(37-22-12-4-13-23-37)53-52(54-48)38-24-14-5-15-25-38)32-41(36-20-10-3-11-21-36)49-43-31-40(35-18-8-2-9-19-35)27-29-47(43)56-51(49)50/h1-33H. The molecule has 0 aliphatic heterocycles. The van der Waals surface area contributed by atoms with Crippen molar-refractivity contribution in [2.75, 3.05) is 0 Å². The van der Waals surface area contributed by atoms with Crippen LogP contribution in [0.5, 0.6) is 0 Å². The van der Waals surface area contributed by atoms with Gasteiger partial charge >= 0.3 is 0 Å². The van der Waals surface area contributed by atoms with E-state index in [-0.39, 0.29) is 0 Å². The van der Waals surface area contributed by atoms with Crippen molar-refractivity contribution in [2.45, 2.75) is 0 Å². The molecular weight excluding hydrogens is 699 g/mol. The highest BCUT2D eigenvalue weighted by Crippen LogP contribution is 2.49. The average Bonchev–Trinajstić information content (AvgIpc) is 3.83. The number of aromatic nitrogens is 3. The minimum Gasteiger partial charge on any atom is -0.294 e. The van der Waals surface area contributed by atoms with Crippen molar-refractivity contribution in [3.05, 3.63) is 200 Å². The molecule has 3 aromatic heterocycles. The van der Waals surface area contributed by atoms with Gasteiger partial charge in [0.2, 0.25) is 0 Å². The van der Waals surface area contributed by atoms with Crippen LogP contribution in [0.3, 0.4) is 0 Å². The number of nitrogens with zero attached hydrogens (tertiary/aromatic N) is 3. The smallest absolute Gasteiger partial charge is 0.162 e. The third-order valence-corrected chi connectivity index (χ3v) is 12.0. The van der Waals surface area contributed by atoms with Crippen LogP contribution in [0, 0.1) is 0 Å². The lowest BCUT2D eigenvalue weighted by molar-refractivity contribution is 1.05. The molecule has 262 valence electrons. The van der Waals surface area contributed by atoms with Crippen molar-refractivity contribution < 1.29 is 0 Å². The summed E-state index contributed by atoms with van der Waals surface area (Å²) in [4.78, 5) is 10.5. The first-order valence-corrected chi connectivity index (χ1v) is 19.7. The highest BCUT2D eigenvalue weighted by Gasteiger charge is 2.23. The Labute approximate surface area is 328 Å². The van der Waals surface area contributed by atoms with Gasteiger partial charge in [0.05, 0.1) is 16.7 Å². The van der Waals surface area contributed by atoms with Gasteiger partial charge in [-0.2, -0.15) is 0 Å². The zero-order valence-corrected chi connectivity index (χ0v) is 31.1. The Morgan fingerprint density at radius 3 is 1.54 bits per heavy atom. The predicted molar refractivity (Wildman–Crippen MR) is 236 cm³/mol. The van der Waals surface area contributed by atoms with E-state index in [1.807, 2.05) is 35.6 Å². The third kappa shape index (κ3) is 5.42. The molecule has 3 heterocycles. The molecule has 0 saturated carbocycles. The monoisotopic (exact) mass is 731 g/mol. The second-order valence-electron chi connectivity index (χ2n) is 14.2. The molecule has 0 aliphatic rings. The summed E-state index contributed by atoms with van der Waals surface area (Å²) < 4.78 is 4.91. The number of rotatable bonds is 6. The molecule has 4 heteroatoms. The Morgan fingerprint density at radius 1 is 0.375 bits per heavy atom. The Morgan fingerprint density at radius 2 is 0.911 bits per heavy atom. The summed E-state index contributed by atoms with van der Waals surface area (Å²) in [5.74, 6) is 1.52. The molecule has 8 aromatic carbocycles. The van der Waals surface area contributed by atoms with Crippen molar-refractivity contribution in [3.63, 3.8) is 0 Å². The Balaban J connectivity index is 1.29. The Bertz CT molecular complexity index is 3150. The summed E-state index contributed by atoms with van der Waals surface area (Å²) in [5.41, 5.74) is 12.3. The molecule has 3 nitrogen and oxygen atoms in total. The lowest BCUT2D eigenvalue weighted by Gasteiger charge is -2.13. The van der Waals surface area contributed by atoms with Gasteiger partial charge in [0, 0.05) is 48.1 Å². The van der Waals surface area contributed by atoms with Crippen molar-refractivity contribution >= 4 is 53.3 Å². The van der Waals surface area contributed by atoms with Crippen LogP contribution in [-0.4, -0.2) is 14.5 Å². The maximum absolute atomic E-state index is 5.38. The summed E-state index contributed by atoms with van der Waals surface area (Å²) in [6.07, 6.45) is 0. The van der Waals surface area contributed by atoms with Crippen LogP contribution in [-0.2, 0) is 0 Å². The predicted octanol–water partition coefficient (Wildman–Crippen LogP) is 14.3. The summed E-state index contributed by atoms with van der Waals surface area (Å²) in [6, 6.07) is 71.4. The third-order valence-electron chi connectivity index (χ3n) is 10.8. The molecule has 0 radical (unpaired) electrons. The summed E-state index contributed by atoms with van der Waals surface area (Å²) in [5, 5.41) is 4.98. The van der Waals surface area contributed by atoms with Crippen molar-refractivity contribution in [2.24, 2.45) is 0 Å². The van der Waals surface area contributed by atoms with Crippen LogP contribution >= 0.6 is 11.3 Å². The molecule has 0 fully saturated rings. The van der Waals surface area contributed by atoms with E-state index in [1.165, 1.54) is 64.3 Å². The van der Waals surface area contributed by atoms with Gasteiger partial charge in [-0.25, -0.2) is 9.97 Å². The van der Waals surface area contributed by atoms with E-state index < -0.39 is 0 Å². The first-order chi connectivity index (χ1) is 27.8. The first kappa shape index (κ1) is 32.3. The summed E-state index contributed by atoms with van der Waals surface area (Å²) in [7, 11) is 0. The molecule has 0 bridgehead atoms. The maximum Gasteiger partial charge on any atom is 0.162 e. The average molecular weight is 732 g/mol. The first-order valence-electron chi connectivity index (χ1n) is 18.9. The fourth-order valence-electron chi connectivity index (χ4n) is 8.17. The highest BCUT2D eigenvalue weighted by molar-refractivity contribution is 7.27. The van der Waals surface area contributed by atoms with Gasteiger partial charge in [0.15, 0.2) is 5.82 Å². The van der Waals surface area contributed by atoms with Crippen LogP contribution in [0.2, 0.25) is 0 Å². The van der Waals surface area contributed by atoms with Crippen LogP contribution in [0.1, 0.15) is 0 Å². The van der Waals surface area contributed by atoms with E-state index in [4.69, 9.17) is 9.97 Å². The van der Waals surface area contributed by atoms with Crippen LogP contribution < -0.4 is 0 Å². The quantitative estimate of drug-likeness (QED) is 0.170. The Hall–Kier alpha value is -7.14. The van der Waals surface area contributed by atoms with Gasteiger partial charge in [-0.05, 0) is 63.7 Å². The number of hydrogen-bond acceptors (Lipinski definition) is 3. The zero-order valence-electron chi connectivity index (χ0n) is 30.3. The summed E-state index contributed by atoms with van der Waals surface area (Å²) >= 11 is 1.88. The van der Waals surface area contributed by atoms with E-state index in [2.05, 4.69) is 180 Å². The SMILES string of the molecule is c1ccc(-c2ccc3sc4c(c(-c5ccccc5)cc5c4c4cc(-c6ccccc6)ccc4n5-c4cc(-c5ccccc5)nc(-c5ccccc5)n4)c3c2)cc1. The molecule has 56 heavy (non-hydrogen) atoms. The van der Waals surface area contributed by atoms with E-state index in [1.54, 1.807) is 0 Å². The molecule has 11 rings (SSSR count). The molecule has 0 atom stereocenters. The molecule has 0 unspecified atom stereocenters. The minimum atomic E-state index is 0.692. The van der Waals surface area contributed by atoms with Crippen molar-refractivity contribution in [1.29, 1.82) is 0 Å². The number of benzene rings is 8. The van der Waals surface area contributed by atoms with E-state index in [0.29, 0.717) is 5.82 Å². The second-order valence-corrected chi connectivity index (χ2v) is 15.2. The molecular formula is C52H33N3S. The van der Waals surface area contributed by atoms with E-state index in [0.717, 1.165) is 33.7 Å². The van der Waals surface area contributed by atoms with Gasteiger partial charge in [-0.15, -0.1) is 11.3 Å². The van der Waals surface area contributed by atoms with Gasteiger partial charge < -0.3 is 0 Å². The summed E-state index contributed by atoms with van der Waals surface area (Å²) in [6.45, 7) is 0.